The van der Waals surface area contributed by atoms with Gasteiger partial charge in [0.2, 0.25) is 5.91 Å². The van der Waals surface area contributed by atoms with Gasteiger partial charge in [-0.05, 0) is 29.8 Å². The quantitative estimate of drug-likeness (QED) is 0.536. The number of nitrogens with one attached hydrogen (secondary N) is 1. The molecule has 0 spiro atoms. The number of ether oxygens (including phenoxy) is 1. The number of rotatable bonds is 5. The largest absolute Gasteiger partial charge is 0.432 e. The average Bonchev–Trinajstić information content (AvgIpc) is 3.45. The zero-order chi connectivity index (χ0) is 25.2. The van der Waals surface area contributed by atoms with Crippen LogP contribution in [0.25, 0.3) is 6.08 Å². The molecule has 1 N–H and O–H groups in total. The fourth-order valence-electron chi connectivity index (χ4n) is 4.28. The summed E-state index contributed by atoms with van der Waals surface area (Å²) >= 11 is 0. The Morgan fingerprint density at radius 1 is 1.08 bits per heavy atom. The second-order valence-electron chi connectivity index (χ2n) is 8.43. The maximum atomic E-state index is 13.9. The Labute approximate surface area is 203 Å². The zero-order valence-corrected chi connectivity index (χ0v) is 19.0. The molecule has 2 aromatic heterocycles. The van der Waals surface area contributed by atoms with E-state index in [1.165, 1.54) is 18.2 Å². The Morgan fingerprint density at radius 3 is 2.72 bits per heavy atom. The number of aromatic amines is 1. The van der Waals surface area contributed by atoms with Gasteiger partial charge in [0.1, 0.15) is 5.69 Å². The van der Waals surface area contributed by atoms with Crippen molar-refractivity contribution in [2.75, 3.05) is 19.6 Å². The Kier molecular flexibility index (Phi) is 6.44. The first kappa shape index (κ1) is 23.6. The minimum Gasteiger partial charge on any atom is -0.432 e. The number of aromatic nitrogens is 5. The molecule has 0 radical (unpaired) electrons. The summed E-state index contributed by atoms with van der Waals surface area (Å²) in [4.78, 5) is 29.0. The Morgan fingerprint density at radius 2 is 1.92 bits per heavy atom. The SMILES string of the molecule is O=C(/C=C/c1ccc(OC(F)F)c(F)c1)N1CCc2cc(C(=O)N3CCc4[nH]nnc4C3)nn2CC1. The lowest BCUT2D eigenvalue weighted by atomic mass is 10.1. The second-order valence-corrected chi connectivity index (χ2v) is 8.43. The normalized spacial score (nSPS) is 15.7. The van der Waals surface area contributed by atoms with Gasteiger partial charge < -0.3 is 14.5 Å². The highest BCUT2D eigenvalue weighted by atomic mass is 19.3. The maximum Gasteiger partial charge on any atom is 0.387 e. The number of alkyl halides is 2. The van der Waals surface area contributed by atoms with E-state index >= 15 is 0 Å². The van der Waals surface area contributed by atoms with Crippen LogP contribution in [-0.2, 0) is 30.7 Å². The van der Waals surface area contributed by atoms with Gasteiger partial charge in [0.05, 0.1) is 18.8 Å². The minimum absolute atomic E-state index is 0.169. The monoisotopic (exact) mass is 501 g/mol. The zero-order valence-electron chi connectivity index (χ0n) is 19.0. The smallest absolute Gasteiger partial charge is 0.387 e. The Hall–Kier alpha value is -4.16. The molecule has 0 saturated carbocycles. The average molecular weight is 501 g/mol. The van der Waals surface area contributed by atoms with Crippen molar-refractivity contribution < 1.29 is 27.5 Å². The number of fused-ring (bicyclic) bond motifs is 2. The van der Waals surface area contributed by atoms with Crippen molar-refractivity contribution in [1.82, 2.24) is 35.0 Å². The van der Waals surface area contributed by atoms with Gasteiger partial charge in [0.15, 0.2) is 17.3 Å². The first-order chi connectivity index (χ1) is 17.4. The Balaban J connectivity index is 1.19. The van der Waals surface area contributed by atoms with E-state index in [0.717, 1.165) is 29.2 Å². The van der Waals surface area contributed by atoms with Gasteiger partial charge in [-0.2, -0.15) is 13.9 Å². The molecule has 0 unspecified atom stereocenters. The van der Waals surface area contributed by atoms with Crippen LogP contribution < -0.4 is 4.74 Å². The molecule has 188 valence electrons. The number of benzene rings is 1. The molecule has 0 fully saturated rings. The van der Waals surface area contributed by atoms with E-state index in [1.807, 2.05) is 0 Å². The molecule has 3 aromatic rings. The highest BCUT2D eigenvalue weighted by Crippen LogP contribution is 2.22. The first-order valence-electron chi connectivity index (χ1n) is 11.3. The molecular formula is C23H22F3N7O3. The molecular weight excluding hydrogens is 479 g/mol. The van der Waals surface area contributed by atoms with Crippen LogP contribution in [0.5, 0.6) is 5.75 Å². The van der Waals surface area contributed by atoms with Crippen LogP contribution in [0, 0.1) is 5.82 Å². The van der Waals surface area contributed by atoms with Crippen molar-refractivity contribution in [3.8, 4) is 5.75 Å². The molecule has 2 amide bonds. The lowest BCUT2D eigenvalue weighted by molar-refractivity contribution is -0.125. The van der Waals surface area contributed by atoms with Crippen LogP contribution in [-0.4, -0.2) is 73.1 Å². The van der Waals surface area contributed by atoms with Crippen molar-refractivity contribution in [3.05, 3.63) is 64.5 Å². The van der Waals surface area contributed by atoms with Crippen LogP contribution in [0.15, 0.2) is 30.3 Å². The molecule has 2 aliphatic heterocycles. The van der Waals surface area contributed by atoms with Gasteiger partial charge in [0, 0.05) is 44.2 Å². The van der Waals surface area contributed by atoms with Crippen LogP contribution in [0.3, 0.4) is 0 Å². The molecule has 10 nitrogen and oxygen atoms in total. The number of hydrogen-bond donors (Lipinski definition) is 1. The van der Waals surface area contributed by atoms with Crippen LogP contribution in [0.4, 0.5) is 13.2 Å². The van der Waals surface area contributed by atoms with Crippen molar-refractivity contribution >= 4 is 17.9 Å². The summed E-state index contributed by atoms with van der Waals surface area (Å²) in [5.41, 5.74) is 3.26. The van der Waals surface area contributed by atoms with Gasteiger partial charge in [-0.1, -0.05) is 11.3 Å². The summed E-state index contributed by atoms with van der Waals surface area (Å²) in [6, 6.07) is 5.25. The van der Waals surface area contributed by atoms with Gasteiger partial charge in [-0.25, -0.2) is 4.39 Å². The van der Waals surface area contributed by atoms with Crippen molar-refractivity contribution in [1.29, 1.82) is 0 Å². The van der Waals surface area contributed by atoms with Crippen molar-refractivity contribution in [2.45, 2.75) is 32.5 Å². The third-order valence-electron chi connectivity index (χ3n) is 6.17. The molecule has 0 atom stereocenters. The fraction of sp³-hybridized carbons (Fsp3) is 0.348. The standard InChI is InChI=1S/C23H22F3N7O3/c24-16-11-14(1-3-20(16)36-23(25)26)2-4-21(34)31-7-5-15-12-18(29-33(15)10-9-31)22(35)32-8-6-17-19(13-32)28-30-27-17/h1-4,11-12,23H,5-10,13H2,(H,27,28,30)/b4-2+. The molecule has 5 rings (SSSR count). The van der Waals surface area contributed by atoms with Gasteiger partial charge in [-0.15, -0.1) is 5.10 Å². The number of H-pyrrole nitrogens is 1. The van der Waals surface area contributed by atoms with Gasteiger partial charge in [-0.3, -0.25) is 19.4 Å². The molecule has 2 aliphatic rings. The second kappa shape index (κ2) is 9.84. The Bertz CT molecular complexity index is 1290. The molecule has 0 saturated heterocycles. The number of nitrogens with zero attached hydrogens (tertiary/aromatic N) is 6. The number of carbonyl (C=O) groups is 2. The number of hydrogen-bond acceptors (Lipinski definition) is 6. The summed E-state index contributed by atoms with van der Waals surface area (Å²) in [7, 11) is 0. The van der Waals surface area contributed by atoms with E-state index in [4.69, 9.17) is 0 Å². The predicted molar refractivity (Wildman–Crippen MR) is 119 cm³/mol. The van der Waals surface area contributed by atoms with Crippen LogP contribution in [0.1, 0.15) is 33.1 Å². The van der Waals surface area contributed by atoms with E-state index in [-0.39, 0.29) is 11.8 Å². The van der Waals surface area contributed by atoms with Crippen molar-refractivity contribution in [3.63, 3.8) is 0 Å². The summed E-state index contributed by atoms with van der Waals surface area (Å²) in [5, 5.41) is 15.1. The van der Waals surface area contributed by atoms with Gasteiger partial charge >= 0.3 is 6.61 Å². The maximum absolute atomic E-state index is 13.9. The molecule has 1 aromatic carbocycles. The fourth-order valence-corrected chi connectivity index (χ4v) is 4.28. The third-order valence-corrected chi connectivity index (χ3v) is 6.17. The van der Waals surface area contributed by atoms with Crippen molar-refractivity contribution in [2.24, 2.45) is 0 Å². The van der Waals surface area contributed by atoms with E-state index in [0.29, 0.717) is 56.8 Å². The number of halogens is 3. The number of carbonyl (C=O) groups excluding carboxylic acids is 2. The summed E-state index contributed by atoms with van der Waals surface area (Å²) in [6.07, 6.45) is 3.89. The molecule has 0 bridgehead atoms. The highest BCUT2D eigenvalue weighted by Gasteiger charge is 2.27. The molecule has 0 aliphatic carbocycles. The summed E-state index contributed by atoms with van der Waals surface area (Å²) < 4.78 is 44.2. The van der Waals surface area contributed by atoms with E-state index in [9.17, 15) is 22.8 Å². The highest BCUT2D eigenvalue weighted by molar-refractivity contribution is 5.93. The molecule has 4 heterocycles. The van der Waals surface area contributed by atoms with E-state index in [2.05, 4.69) is 25.2 Å². The van der Waals surface area contributed by atoms with Crippen LogP contribution >= 0.6 is 0 Å². The molecule has 36 heavy (non-hydrogen) atoms. The van der Waals surface area contributed by atoms with Crippen LogP contribution in [0.2, 0.25) is 0 Å². The lowest BCUT2D eigenvalue weighted by Gasteiger charge is -2.24. The van der Waals surface area contributed by atoms with Gasteiger partial charge in [0.25, 0.3) is 5.91 Å². The van der Waals surface area contributed by atoms with E-state index in [1.54, 1.807) is 20.5 Å². The minimum atomic E-state index is -3.12. The summed E-state index contributed by atoms with van der Waals surface area (Å²) in [5.74, 6) is -1.95. The predicted octanol–water partition coefficient (Wildman–Crippen LogP) is 2.04. The molecule has 13 heteroatoms. The first-order valence-corrected chi connectivity index (χ1v) is 11.3. The lowest BCUT2D eigenvalue weighted by Crippen LogP contribution is -2.36. The summed E-state index contributed by atoms with van der Waals surface area (Å²) in [6.45, 7) is -0.964. The topological polar surface area (TPSA) is 109 Å². The number of amides is 2. The van der Waals surface area contributed by atoms with E-state index < -0.39 is 18.2 Å². The third kappa shape index (κ3) is 4.95.